The monoisotopic (exact) mass is 283 g/mol. The minimum absolute atomic E-state index is 0.305. The Morgan fingerprint density at radius 3 is 2.24 bits per heavy atom. The first-order valence-electron chi connectivity index (χ1n) is 7.02. The van der Waals surface area contributed by atoms with Crippen molar-refractivity contribution in [1.82, 2.24) is 0 Å². The molecule has 0 aliphatic heterocycles. The van der Waals surface area contributed by atoms with Crippen LogP contribution in [-0.4, -0.2) is 11.6 Å². The maximum Gasteiger partial charge on any atom is 0.339 e. The van der Waals surface area contributed by atoms with E-state index in [1.165, 1.54) is 0 Å². The molecular formula is C18H21NO2. The van der Waals surface area contributed by atoms with Gasteiger partial charge in [0.15, 0.2) is 0 Å². The van der Waals surface area contributed by atoms with Crippen molar-refractivity contribution < 1.29 is 9.53 Å². The van der Waals surface area contributed by atoms with Gasteiger partial charge in [0.05, 0.1) is 5.56 Å². The van der Waals surface area contributed by atoms with Gasteiger partial charge in [0.1, 0.15) is 5.60 Å². The zero-order valence-corrected chi connectivity index (χ0v) is 12.7. The van der Waals surface area contributed by atoms with E-state index in [9.17, 15) is 4.79 Å². The molecule has 0 aromatic heterocycles. The molecule has 110 valence electrons. The lowest BCUT2D eigenvalue weighted by molar-refractivity contribution is 0.00705. The van der Waals surface area contributed by atoms with E-state index < -0.39 is 5.60 Å². The maximum absolute atomic E-state index is 12.3. The summed E-state index contributed by atoms with van der Waals surface area (Å²) >= 11 is 0. The van der Waals surface area contributed by atoms with Crippen molar-refractivity contribution in [2.75, 3.05) is 0 Å². The molecule has 0 saturated carbocycles. The van der Waals surface area contributed by atoms with Crippen molar-refractivity contribution in [3.63, 3.8) is 0 Å². The number of ether oxygens (including phenoxy) is 1. The average Bonchev–Trinajstić information content (AvgIpc) is 2.45. The normalized spacial score (nSPS) is 11.2. The van der Waals surface area contributed by atoms with Crippen LogP contribution in [0, 0.1) is 0 Å². The minimum atomic E-state index is -0.506. The number of carbonyl (C=O) groups excluding carboxylic acids is 1. The Labute approximate surface area is 125 Å². The van der Waals surface area contributed by atoms with Crippen LogP contribution in [0.4, 0.5) is 0 Å². The lowest BCUT2D eigenvalue weighted by Crippen LogP contribution is -2.24. The first-order chi connectivity index (χ1) is 9.90. The second-order valence-electron chi connectivity index (χ2n) is 5.95. The van der Waals surface area contributed by atoms with Gasteiger partial charge in [0.25, 0.3) is 0 Å². The van der Waals surface area contributed by atoms with E-state index in [-0.39, 0.29) is 5.97 Å². The van der Waals surface area contributed by atoms with Crippen LogP contribution in [-0.2, 0) is 11.3 Å². The molecule has 2 aromatic rings. The van der Waals surface area contributed by atoms with Crippen molar-refractivity contribution in [3.8, 4) is 11.1 Å². The first kappa shape index (κ1) is 15.3. The third-order valence-corrected chi connectivity index (χ3v) is 3.05. The molecule has 0 atom stereocenters. The van der Waals surface area contributed by atoms with Crippen LogP contribution in [0.3, 0.4) is 0 Å². The molecule has 3 heteroatoms. The van der Waals surface area contributed by atoms with Gasteiger partial charge in [0.2, 0.25) is 0 Å². The summed E-state index contributed by atoms with van der Waals surface area (Å²) in [6.07, 6.45) is 0. The second-order valence-corrected chi connectivity index (χ2v) is 5.95. The van der Waals surface area contributed by atoms with Gasteiger partial charge >= 0.3 is 5.97 Å². The highest BCUT2D eigenvalue weighted by atomic mass is 16.6. The third kappa shape index (κ3) is 3.92. The lowest BCUT2D eigenvalue weighted by Gasteiger charge is -2.20. The van der Waals surface area contributed by atoms with Crippen molar-refractivity contribution in [3.05, 3.63) is 59.7 Å². The number of carbonyl (C=O) groups is 1. The Morgan fingerprint density at radius 1 is 1.05 bits per heavy atom. The Kier molecular flexibility index (Phi) is 4.43. The summed E-state index contributed by atoms with van der Waals surface area (Å²) < 4.78 is 5.47. The smallest absolute Gasteiger partial charge is 0.339 e. The van der Waals surface area contributed by atoms with Gasteiger partial charge in [-0.25, -0.2) is 4.79 Å². The molecule has 0 unspecified atom stereocenters. The third-order valence-electron chi connectivity index (χ3n) is 3.05. The van der Waals surface area contributed by atoms with Gasteiger partial charge in [-0.15, -0.1) is 0 Å². The topological polar surface area (TPSA) is 52.3 Å². The van der Waals surface area contributed by atoms with E-state index in [4.69, 9.17) is 10.5 Å². The van der Waals surface area contributed by atoms with Crippen LogP contribution in [0.1, 0.15) is 36.7 Å². The lowest BCUT2D eigenvalue weighted by atomic mass is 9.98. The zero-order valence-electron chi connectivity index (χ0n) is 12.7. The summed E-state index contributed by atoms with van der Waals surface area (Å²) in [5.41, 5.74) is 8.60. The molecule has 0 fully saturated rings. The van der Waals surface area contributed by atoms with Crippen molar-refractivity contribution in [2.24, 2.45) is 5.73 Å². The molecule has 0 saturated heterocycles. The summed E-state index contributed by atoms with van der Waals surface area (Å²) in [6, 6.07) is 15.4. The summed E-state index contributed by atoms with van der Waals surface area (Å²) in [5, 5.41) is 0. The van der Waals surface area contributed by atoms with Crippen LogP contribution in [0.5, 0.6) is 0 Å². The molecule has 3 nitrogen and oxygen atoms in total. The van der Waals surface area contributed by atoms with E-state index in [0.29, 0.717) is 12.1 Å². The van der Waals surface area contributed by atoms with Crippen molar-refractivity contribution in [2.45, 2.75) is 32.9 Å². The van der Waals surface area contributed by atoms with Crippen LogP contribution < -0.4 is 5.73 Å². The zero-order chi connectivity index (χ0) is 15.5. The van der Waals surface area contributed by atoms with Crippen molar-refractivity contribution in [1.29, 1.82) is 0 Å². The van der Waals surface area contributed by atoms with E-state index in [1.54, 1.807) is 6.07 Å². The fraction of sp³-hybridized carbons (Fsp3) is 0.278. The Bertz CT molecular complexity index is 624. The van der Waals surface area contributed by atoms with Crippen LogP contribution >= 0.6 is 0 Å². The van der Waals surface area contributed by atoms with Gasteiger partial charge in [-0.1, -0.05) is 42.5 Å². The average molecular weight is 283 g/mol. The molecular weight excluding hydrogens is 262 g/mol. The highest BCUT2D eigenvalue weighted by molar-refractivity contribution is 5.97. The number of rotatable bonds is 3. The molecule has 2 aromatic carbocycles. The fourth-order valence-electron chi connectivity index (χ4n) is 2.07. The van der Waals surface area contributed by atoms with E-state index in [1.807, 2.05) is 63.2 Å². The highest BCUT2D eigenvalue weighted by Gasteiger charge is 2.20. The number of benzene rings is 2. The molecule has 0 aliphatic carbocycles. The Morgan fingerprint density at radius 2 is 1.67 bits per heavy atom. The van der Waals surface area contributed by atoms with E-state index >= 15 is 0 Å². The molecule has 0 bridgehead atoms. The van der Waals surface area contributed by atoms with Crippen LogP contribution in [0.2, 0.25) is 0 Å². The first-order valence-corrected chi connectivity index (χ1v) is 7.02. The molecule has 2 rings (SSSR count). The molecule has 0 radical (unpaired) electrons. The quantitative estimate of drug-likeness (QED) is 0.872. The Balaban J connectivity index is 2.38. The molecule has 0 amide bonds. The number of hydrogen-bond acceptors (Lipinski definition) is 3. The number of nitrogens with two attached hydrogens (primary N) is 1. The number of esters is 1. The van der Waals surface area contributed by atoms with Crippen LogP contribution in [0.25, 0.3) is 11.1 Å². The summed E-state index contributed by atoms with van der Waals surface area (Å²) in [4.78, 5) is 12.3. The molecule has 21 heavy (non-hydrogen) atoms. The SMILES string of the molecule is CC(C)(C)OC(=O)c1ccccc1-c1ccc(CN)cc1. The predicted octanol–water partition coefficient (Wildman–Crippen LogP) is 3.77. The van der Waals surface area contributed by atoms with E-state index in [2.05, 4.69) is 0 Å². The van der Waals surface area contributed by atoms with Gasteiger partial charge in [-0.3, -0.25) is 0 Å². The van der Waals surface area contributed by atoms with Crippen LogP contribution in [0.15, 0.2) is 48.5 Å². The number of hydrogen-bond donors (Lipinski definition) is 1. The van der Waals surface area contributed by atoms with Gasteiger partial charge in [-0.05, 0) is 43.5 Å². The molecule has 0 aliphatic rings. The predicted molar refractivity (Wildman–Crippen MR) is 84.9 cm³/mol. The minimum Gasteiger partial charge on any atom is -0.456 e. The maximum atomic E-state index is 12.3. The van der Waals surface area contributed by atoms with Gasteiger partial charge < -0.3 is 10.5 Å². The van der Waals surface area contributed by atoms with Crippen molar-refractivity contribution >= 4 is 5.97 Å². The largest absolute Gasteiger partial charge is 0.456 e. The van der Waals surface area contributed by atoms with Gasteiger partial charge in [0, 0.05) is 6.54 Å². The van der Waals surface area contributed by atoms with E-state index in [0.717, 1.165) is 16.7 Å². The summed E-state index contributed by atoms with van der Waals surface area (Å²) in [7, 11) is 0. The molecule has 0 spiro atoms. The van der Waals surface area contributed by atoms with Gasteiger partial charge in [-0.2, -0.15) is 0 Å². The Hall–Kier alpha value is -2.13. The highest BCUT2D eigenvalue weighted by Crippen LogP contribution is 2.26. The standard InChI is InChI=1S/C18H21NO2/c1-18(2,3)21-17(20)16-7-5-4-6-15(16)14-10-8-13(12-19)9-11-14/h4-11H,12,19H2,1-3H3. The fourth-order valence-corrected chi connectivity index (χ4v) is 2.07. The second kappa shape index (κ2) is 6.10. The summed E-state index contributed by atoms with van der Waals surface area (Å²) in [5.74, 6) is -0.305. The molecule has 2 N–H and O–H groups in total. The molecule has 0 heterocycles. The summed E-state index contributed by atoms with van der Waals surface area (Å²) in [6.45, 7) is 6.10.